The first-order chi connectivity index (χ1) is 14.8. The largest absolute Gasteiger partial charge is 0.467 e. The highest BCUT2D eigenvalue weighted by Crippen LogP contribution is 2.31. The number of halogens is 3. The van der Waals surface area contributed by atoms with E-state index in [1.54, 1.807) is 23.0 Å². The zero-order chi connectivity index (χ0) is 22.0. The maximum absolute atomic E-state index is 12.8. The van der Waals surface area contributed by atoms with E-state index < -0.39 is 23.3 Å². The normalized spacial score (nSPS) is 13.3. The van der Waals surface area contributed by atoms with Crippen LogP contribution in [-0.4, -0.2) is 21.2 Å². The van der Waals surface area contributed by atoms with Crippen molar-refractivity contribution in [3.05, 3.63) is 75.7 Å². The van der Waals surface area contributed by atoms with Crippen molar-refractivity contribution in [2.24, 2.45) is 0 Å². The number of rotatable bonds is 6. The van der Waals surface area contributed by atoms with E-state index in [1.807, 2.05) is 0 Å². The average molecular weight is 449 g/mol. The number of hydrogen-bond donors (Lipinski definition) is 1. The van der Waals surface area contributed by atoms with Gasteiger partial charge in [0.2, 0.25) is 5.91 Å². The standard InChI is InChI=1S/C21H18F3N3O3S/c22-21(23,24)13-4-1-5-14(10-13)25-18(28)12-31-19-16-7-2-8-17(16)27(20(29)26-19)11-15-6-3-9-30-15/h1,3-6,9-10H,2,7-8,11-12H2,(H,25,28). The lowest BCUT2D eigenvalue weighted by Gasteiger charge is -2.13. The number of anilines is 1. The molecule has 10 heteroatoms. The molecular weight excluding hydrogens is 431 g/mol. The molecule has 0 unspecified atom stereocenters. The molecule has 3 aromatic rings. The molecular formula is C21H18F3N3O3S. The van der Waals surface area contributed by atoms with E-state index in [4.69, 9.17) is 4.42 Å². The Morgan fingerprint density at radius 2 is 2.06 bits per heavy atom. The summed E-state index contributed by atoms with van der Waals surface area (Å²) in [5.41, 5.74) is 0.628. The second-order valence-corrected chi connectivity index (χ2v) is 8.02. The maximum Gasteiger partial charge on any atom is 0.416 e. The lowest BCUT2D eigenvalue weighted by molar-refractivity contribution is -0.137. The highest BCUT2D eigenvalue weighted by atomic mass is 32.2. The Bertz CT molecular complexity index is 1160. The highest BCUT2D eigenvalue weighted by molar-refractivity contribution is 8.00. The van der Waals surface area contributed by atoms with Gasteiger partial charge in [-0.1, -0.05) is 17.8 Å². The molecule has 31 heavy (non-hydrogen) atoms. The minimum absolute atomic E-state index is 0.0625. The molecule has 1 amide bonds. The fourth-order valence-corrected chi connectivity index (χ4v) is 4.41. The van der Waals surface area contributed by atoms with Gasteiger partial charge in [0.25, 0.3) is 0 Å². The Kier molecular flexibility index (Phi) is 5.90. The van der Waals surface area contributed by atoms with Crippen molar-refractivity contribution >= 4 is 23.4 Å². The minimum Gasteiger partial charge on any atom is -0.467 e. The fourth-order valence-electron chi connectivity index (χ4n) is 3.53. The number of benzene rings is 1. The molecule has 1 aliphatic carbocycles. The van der Waals surface area contributed by atoms with E-state index in [1.165, 1.54) is 12.1 Å². The topological polar surface area (TPSA) is 77.1 Å². The number of aromatic nitrogens is 2. The zero-order valence-corrected chi connectivity index (χ0v) is 17.1. The van der Waals surface area contributed by atoms with Gasteiger partial charge in [-0.15, -0.1) is 0 Å². The van der Waals surface area contributed by atoms with Crippen molar-refractivity contribution in [2.45, 2.75) is 37.0 Å². The van der Waals surface area contributed by atoms with Gasteiger partial charge in [0.15, 0.2) is 0 Å². The molecule has 1 N–H and O–H groups in total. The van der Waals surface area contributed by atoms with Crippen LogP contribution in [0, 0.1) is 0 Å². The number of alkyl halides is 3. The third-order valence-corrected chi connectivity index (χ3v) is 5.93. The van der Waals surface area contributed by atoms with E-state index in [-0.39, 0.29) is 11.4 Å². The highest BCUT2D eigenvalue weighted by Gasteiger charge is 2.30. The Balaban J connectivity index is 1.47. The van der Waals surface area contributed by atoms with Gasteiger partial charge in [0.05, 0.1) is 24.1 Å². The van der Waals surface area contributed by atoms with Gasteiger partial charge in [0, 0.05) is 16.9 Å². The Morgan fingerprint density at radius 1 is 1.23 bits per heavy atom. The Labute approximate surface area is 179 Å². The van der Waals surface area contributed by atoms with Gasteiger partial charge in [-0.05, 0) is 49.6 Å². The van der Waals surface area contributed by atoms with Gasteiger partial charge < -0.3 is 9.73 Å². The van der Waals surface area contributed by atoms with Crippen molar-refractivity contribution in [3.8, 4) is 0 Å². The summed E-state index contributed by atoms with van der Waals surface area (Å²) in [5, 5.41) is 2.96. The zero-order valence-electron chi connectivity index (χ0n) is 16.2. The predicted octanol–water partition coefficient (Wildman–Crippen LogP) is 4.12. The summed E-state index contributed by atoms with van der Waals surface area (Å²) in [5.74, 6) is 0.105. The summed E-state index contributed by atoms with van der Waals surface area (Å²) in [4.78, 5) is 29.0. The number of carbonyl (C=O) groups excluding carboxylic acids is 1. The van der Waals surface area contributed by atoms with Crippen LogP contribution in [0.1, 0.15) is 29.0 Å². The van der Waals surface area contributed by atoms with Crippen LogP contribution in [-0.2, 0) is 30.4 Å². The van der Waals surface area contributed by atoms with Crippen LogP contribution in [0.5, 0.6) is 0 Å². The van der Waals surface area contributed by atoms with Crippen molar-refractivity contribution < 1.29 is 22.4 Å². The second kappa shape index (κ2) is 8.62. The van der Waals surface area contributed by atoms with Crippen molar-refractivity contribution in [1.82, 2.24) is 9.55 Å². The second-order valence-electron chi connectivity index (χ2n) is 7.06. The summed E-state index contributed by atoms with van der Waals surface area (Å²) in [6.45, 7) is 0.294. The minimum atomic E-state index is -4.49. The maximum atomic E-state index is 12.8. The van der Waals surface area contributed by atoms with Crippen molar-refractivity contribution in [3.63, 3.8) is 0 Å². The van der Waals surface area contributed by atoms with E-state index >= 15 is 0 Å². The first-order valence-electron chi connectivity index (χ1n) is 9.56. The SMILES string of the molecule is O=C(CSc1nc(=O)n(Cc2ccco2)c2c1CCC2)Nc1cccc(C(F)(F)F)c1. The molecule has 0 aliphatic heterocycles. The van der Waals surface area contributed by atoms with Crippen LogP contribution in [0.4, 0.5) is 18.9 Å². The van der Waals surface area contributed by atoms with Crippen LogP contribution in [0.2, 0.25) is 0 Å². The number of carbonyl (C=O) groups is 1. The quantitative estimate of drug-likeness (QED) is 0.453. The third kappa shape index (κ3) is 4.84. The molecule has 0 fully saturated rings. The summed E-state index contributed by atoms with van der Waals surface area (Å²) in [6, 6.07) is 7.99. The molecule has 162 valence electrons. The predicted molar refractivity (Wildman–Crippen MR) is 109 cm³/mol. The molecule has 1 aromatic carbocycles. The number of nitrogens with zero attached hydrogens (tertiary/aromatic N) is 2. The van der Waals surface area contributed by atoms with Crippen LogP contribution in [0.3, 0.4) is 0 Å². The van der Waals surface area contributed by atoms with E-state index in [0.717, 1.165) is 54.4 Å². The molecule has 1 aliphatic rings. The molecule has 0 saturated carbocycles. The van der Waals surface area contributed by atoms with E-state index in [2.05, 4.69) is 10.3 Å². The number of hydrogen-bond acceptors (Lipinski definition) is 5. The molecule has 6 nitrogen and oxygen atoms in total. The lowest BCUT2D eigenvalue weighted by atomic mass is 10.2. The smallest absolute Gasteiger partial charge is 0.416 e. The monoisotopic (exact) mass is 449 g/mol. The number of fused-ring (bicyclic) bond motifs is 1. The van der Waals surface area contributed by atoms with Crippen LogP contribution >= 0.6 is 11.8 Å². The Hall–Kier alpha value is -3.01. The van der Waals surface area contributed by atoms with Gasteiger partial charge in [-0.25, -0.2) is 4.79 Å². The van der Waals surface area contributed by atoms with Crippen LogP contribution in [0.15, 0.2) is 56.9 Å². The van der Waals surface area contributed by atoms with E-state index in [0.29, 0.717) is 17.3 Å². The number of furan rings is 1. The summed E-state index contributed by atoms with van der Waals surface area (Å²) in [7, 11) is 0. The molecule has 0 saturated heterocycles. The molecule has 4 rings (SSSR count). The molecule has 0 bridgehead atoms. The third-order valence-electron chi connectivity index (χ3n) is 4.91. The van der Waals surface area contributed by atoms with Crippen LogP contribution in [0.25, 0.3) is 0 Å². The molecule has 0 radical (unpaired) electrons. The Morgan fingerprint density at radius 3 is 2.81 bits per heavy atom. The fraction of sp³-hybridized carbons (Fsp3) is 0.286. The van der Waals surface area contributed by atoms with Gasteiger partial charge in [-0.3, -0.25) is 9.36 Å². The van der Waals surface area contributed by atoms with Crippen LogP contribution < -0.4 is 11.0 Å². The number of nitrogens with one attached hydrogen (secondary N) is 1. The first kappa shape index (κ1) is 21.2. The lowest BCUT2D eigenvalue weighted by Crippen LogP contribution is -2.28. The van der Waals surface area contributed by atoms with Crippen molar-refractivity contribution in [1.29, 1.82) is 0 Å². The first-order valence-corrected chi connectivity index (χ1v) is 10.5. The van der Waals surface area contributed by atoms with Gasteiger partial charge in [-0.2, -0.15) is 18.2 Å². The van der Waals surface area contributed by atoms with Gasteiger partial charge in [0.1, 0.15) is 10.8 Å². The summed E-state index contributed by atoms with van der Waals surface area (Å²) in [6.07, 6.45) is -0.584. The van der Waals surface area contributed by atoms with E-state index in [9.17, 15) is 22.8 Å². The molecule has 2 heterocycles. The molecule has 2 aromatic heterocycles. The van der Waals surface area contributed by atoms with Gasteiger partial charge >= 0.3 is 11.9 Å². The molecule has 0 atom stereocenters. The molecule has 0 spiro atoms. The van der Waals surface area contributed by atoms with Crippen molar-refractivity contribution in [2.75, 3.05) is 11.1 Å². The summed E-state index contributed by atoms with van der Waals surface area (Å²) < 4.78 is 45.4. The number of thioether (sulfide) groups is 1. The average Bonchev–Trinajstić information content (AvgIpc) is 3.40. The number of amides is 1. The summed E-state index contributed by atoms with van der Waals surface area (Å²) >= 11 is 1.11.